The molecule has 3 rings (SSSR count). The van der Waals surface area contributed by atoms with E-state index in [1.807, 2.05) is 26.8 Å². The van der Waals surface area contributed by atoms with E-state index in [-0.39, 0.29) is 0 Å². The van der Waals surface area contributed by atoms with Crippen molar-refractivity contribution < 1.29 is 9.32 Å². The Labute approximate surface area is 140 Å². The van der Waals surface area contributed by atoms with Gasteiger partial charge in [0.2, 0.25) is 0 Å². The van der Waals surface area contributed by atoms with E-state index in [2.05, 4.69) is 25.2 Å². The fourth-order valence-electron chi connectivity index (χ4n) is 2.95. The summed E-state index contributed by atoms with van der Waals surface area (Å²) in [5, 5.41) is 12.4. The molecule has 0 aliphatic carbocycles. The van der Waals surface area contributed by atoms with Crippen LogP contribution in [0.4, 0.5) is 5.82 Å². The summed E-state index contributed by atoms with van der Waals surface area (Å²) in [5.41, 5.74) is 8.50. The number of aryl methyl sites for hydroxylation is 2. The Morgan fingerprint density at radius 1 is 1.21 bits per heavy atom. The SMILES string of the molecule is Cc1cc(CN2CCN(c3nnc(C)c(C)c3C(N)=O)CC2)no1. The Balaban J connectivity index is 1.71. The van der Waals surface area contributed by atoms with E-state index >= 15 is 0 Å². The van der Waals surface area contributed by atoms with Gasteiger partial charge in [0.1, 0.15) is 5.76 Å². The predicted molar refractivity (Wildman–Crippen MR) is 88.8 cm³/mol. The fraction of sp³-hybridized carbons (Fsp3) is 0.500. The topological polar surface area (TPSA) is 101 Å². The molecule has 1 aliphatic heterocycles. The van der Waals surface area contributed by atoms with Crippen LogP contribution in [0.15, 0.2) is 10.6 Å². The standard InChI is InChI=1S/C16H22N6O2/c1-10-8-13(20-24-10)9-21-4-6-22(7-5-21)16-14(15(17)23)11(2)12(3)18-19-16/h8H,4-7,9H2,1-3H3,(H2,17,23). The Morgan fingerprint density at radius 2 is 1.92 bits per heavy atom. The number of hydrogen-bond acceptors (Lipinski definition) is 7. The summed E-state index contributed by atoms with van der Waals surface area (Å²) < 4.78 is 5.11. The van der Waals surface area contributed by atoms with E-state index in [4.69, 9.17) is 10.3 Å². The van der Waals surface area contributed by atoms with Gasteiger partial charge in [0.25, 0.3) is 5.91 Å². The summed E-state index contributed by atoms with van der Waals surface area (Å²) in [5.74, 6) is 0.948. The van der Waals surface area contributed by atoms with Crippen LogP contribution in [0.3, 0.4) is 0 Å². The third-order valence-electron chi connectivity index (χ3n) is 4.42. The van der Waals surface area contributed by atoms with Gasteiger partial charge >= 0.3 is 0 Å². The molecule has 1 saturated heterocycles. The van der Waals surface area contributed by atoms with Crippen LogP contribution >= 0.6 is 0 Å². The van der Waals surface area contributed by atoms with Crippen molar-refractivity contribution in [2.45, 2.75) is 27.3 Å². The number of nitrogens with zero attached hydrogens (tertiary/aromatic N) is 5. The van der Waals surface area contributed by atoms with Crippen molar-refractivity contribution >= 4 is 11.7 Å². The maximum atomic E-state index is 11.8. The van der Waals surface area contributed by atoms with E-state index in [9.17, 15) is 4.79 Å². The van der Waals surface area contributed by atoms with Gasteiger partial charge in [0, 0.05) is 38.8 Å². The molecule has 8 nitrogen and oxygen atoms in total. The van der Waals surface area contributed by atoms with Crippen molar-refractivity contribution in [3.05, 3.63) is 34.3 Å². The first-order chi connectivity index (χ1) is 11.5. The normalized spacial score (nSPS) is 15.7. The lowest BCUT2D eigenvalue weighted by Crippen LogP contribution is -2.47. The second-order valence-electron chi connectivity index (χ2n) is 6.17. The van der Waals surface area contributed by atoms with Gasteiger partial charge in [-0.1, -0.05) is 5.16 Å². The average Bonchev–Trinajstić information content (AvgIpc) is 2.95. The van der Waals surface area contributed by atoms with Crippen molar-refractivity contribution in [3.63, 3.8) is 0 Å². The summed E-state index contributed by atoms with van der Waals surface area (Å²) in [7, 11) is 0. The molecule has 0 saturated carbocycles. The van der Waals surface area contributed by atoms with Crippen LogP contribution in [0, 0.1) is 20.8 Å². The van der Waals surface area contributed by atoms with E-state index in [1.165, 1.54) is 0 Å². The fourth-order valence-corrected chi connectivity index (χ4v) is 2.95. The third kappa shape index (κ3) is 3.23. The maximum Gasteiger partial charge on any atom is 0.252 e. The summed E-state index contributed by atoms with van der Waals surface area (Å²) in [6.07, 6.45) is 0. The van der Waals surface area contributed by atoms with Gasteiger partial charge in [-0.3, -0.25) is 9.69 Å². The highest BCUT2D eigenvalue weighted by molar-refractivity contribution is 5.99. The van der Waals surface area contributed by atoms with Crippen LogP contribution < -0.4 is 10.6 Å². The van der Waals surface area contributed by atoms with Crippen molar-refractivity contribution in [3.8, 4) is 0 Å². The van der Waals surface area contributed by atoms with Crippen molar-refractivity contribution in [1.82, 2.24) is 20.3 Å². The maximum absolute atomic E-state index is 11.8. The molecule has 0 atom stereocenters. The Bertz CT molecular complexity index is 749. The highest BCUT2D eigenvalue weighted by Gasteiger charge is 2.25. The third-order valence-corrected chi connectivity index (χ3v) is 4.42. The number of piperazine rings is 1. The zero-order valence-electron chi connectivity index (χ0n) is 14.2. The molecule has 1 amide bonds. The quantitative estimate of drug-likeness (QED) is 0.885. The van der Waals surface area contributed by atoms with Gasteiger partial charge in [0.15, 0.2) is 5.82 Å². The first-order valence-corrected chi connectivity index (χ1v) is 7.99. The average molecular weight is 330 g/mol. The number of primary amides is 1. The number of amides is 1. The van der Waals surface area contributed by atoms with E-state index in [0.717, 1.165) is 55.4 Å². The summed E-state index contributed by atoms with van der Waals surface area (Å²) in [6.45, 7) is 9.54. The summed E-state index contributed by atoms with van der Waals surface area (Å²) >= 11 is 0. The lowest BCUT2D eigenvalue weighted by atomic mass is 10.1. The Hall–Kier alpha value is -2.48. The monoisotopic (exact) mass is 330 g/mol. The van der Waals surface area contributed by atoms with Crippen LogP contribution in [0.5, 0.6) is 0 Å². The highest BCUT2D eigenvalue weighted by Crippen LogP contribution is 2.23. The molecule has 1 aliphatic rings. The number of rotatable bonds is 4. The molecule has 0 radical (unpaired) electrons. The largest absolute Gasteiger partial charge is 0.365 e. The van der Waals surface area contributed by atoms with E-state index < -0.39 is 5.91 Å². The molecule has 128 valence electrons. The minimum absolute atomic E-state index is 0.457. The second-order valence-corrected chi connectivity index (χ2v) is 6.17. The molecule has 2 aromatic heterocycles. The smallest absolute Gasteiger partial charge is 0.252 e. The van der Waals surface area contributed by atoms with E-state index in [1.54, 1.807) is 0 Å². The molecule has 8 heteroatoms. The van der Waals surface area contributed by atoms with Gasteiger partial charge in [0.05, 0.1) is 17.0 Å². The van der Waals surface area contributed by atoms with Crippen LogP contribution in [0.25, 0.3) is 0 Å². The van der Waals surface area contributed by atoms with Gasteiger partial charge < -0.3 is 15.2 Å². The van der Waals surface area contributed by atoms with Crippen molar-refractivity contribution in [1.29, 1.82) is 0 Å². The Morgan fingerprint density at radius 3 is 2.50 bits per heavy atom. The highest BCUT2D eigenvalue weighted by atomic mass is 16.5. The number of nitrogens with two attached hydrogens (primary N) is 1. The minimum atomic E-state index is -0.457. The molecule has 0 unspecified atom stereocenters. The minimum Gasteiger partial charge on any atom is -0.365 e. The molecule has 1 fully saturated rings. The zero-order chi connectivity index (χ0) is 17.3. The number of carbonyl (C=O) groups excluding carboxylic acids is 1. The van der Waals surface area contributed by atoms with Gasteiger partial charge in [-0.15, -0.1) is 5.10 Å². The summed E-state index contributed by atoms with van der Waals surface area (Å²) in [6, 6.07) is 1.95. The van der Waals surface area contributed by atoms with E-state index in [0.29, 0.717) is 11.4 Å². The zero-order valence-corrected chi connectivity index (χ0v) is 14.2. The lowest BCUT2D eigenvalue weighted by molar-refractivity contribution is 0.0999. The van der Waals surface area contributed by atoms with Gasteiger partial charge in [-0.2, -0.15) is 5.10 Å². The molecule has 0 aromatic carbocycles. The molecule has 24 heavy (non-hydrogen) atoms. The first kappa shape index (κ1) is 16.4. The number of carbonyl (C=O) groups is 1. The van der Waals surface area contributed by atoms with Crippen LogP contribution in [0.1, 0.15) is 33.1 Å². The number of aromatic nitrogens is 3. The van der Waals surface area contributed by atoms with Crippen LogP contribution in [-0.4, -0.2) is 52.3 Å². The van der Waals surface area contributed by atoms with Crippen molar-refractivity contribution in [2.75, 3.05) is 31.1 Å². The molecule has 3 heterocycles. The molecule has 0 bridgehead atoms. The number of hydrogen-bond donors (Lipinski definition) is 1. The van der Waals surface area contributed by atoms with Crippen LogP contribution in [-0.2, 0) is 6.54 Å². The molecular formula is C16H22N6O2. The van der Waals surface area contributed by atoms with Crippen LogP contribution in [0.2, 0.25) is 0 Å². The van der Waals surface area contributed by atoms with Gasteiger partial charge in [-0.25, -0.2) is 0 Å². The molecule has 2 N–H and O–H groups in total. The Kier molecular flexibility index (Phi) is 4.48. The lowest BCUT2D eigenvalue weighted by Gasteiger charge is -2.35. The molecular weight excluding hydrogens is 308 g/mol. The summed E-state index contributed by atoms with van der Waals surface area (Å²) in [4.78, 5) is 16.2. The first-order valence-electron chi connectivity index (χ1n) is 7.99. The van der Waals surface area contributed by atoms with Gasteiger partial charge in [-0.05, 0) is 26.3 Å². The number of anilines is 1. The van der Waals surface area contributed by atoms with Crippen molar-refractivity contribution in [2.24, 2.45) is 5.73 Å². The predicted octanol–water partition coefficient (Wildman–Crippen LogP) is 0.811. The molecule has 0 spiro atoms. The molecule has 2 aromatic rings. The second kappa shape index (κ2) is 6.56.